The predicted molar refractivity (Wildman–Crippen MR) is 137 cm³/mol. The van der Waals surface area contributed by atoms with Crippen molar-refractivity contribution in [2.24, 2.45) is 11.8 Å². The molecule has 212 valence electrons. The highest BCUT2D eigenvalue weighted by Crippen LogP contribution is 2.57. The van der Waals surface area contributed by atoms with E-state index in [1.165, 1.54) is 19.2 Å². The molecule has 2 bridgehead atoms. The molecule has 0 aliphatic heterocycles. The van der Waals surface area contributed by atoms with Crippen LogP contribution in [0, 0.1) is 29.3 Å². The maximum absolute atomic E-state index is 13.6. The lowest BCUT2D eigenvalue weighted by molar-refractivity contribution is -0.184. The molecule has 0 saturated heterocycles. The van der Waals surface area contributed by atoms with E-state index in [0.717, 1.165) is 6.07 Å². The smallest absolute Gasteiger partial charge is 0.255 e. The second kappa shape index (κ2) is 11.1. The third-order valence-corrected chi connectivity index (χ3v) is 10.2. The molecular formula is C26H28ClF3N2O6S. The first-order valence-electron chi connectivity index (χ1n) is 12.3. The fourth-order valence-electron chi connectivity index (χ4n) is 5.55. The number of hydrogen-bond acceptors (Lipinski definition) is 6. The number of amides is 2. The monoisotopic (exact) mass is 588 g/mol. The molecule has 3 N–H and O–H groups in total. The molecule has 3 saturated carbocycles. The molecule has 0 spiro atoms. The van der Waals surface area contributed by atoms with Crippen molar-refractivity contribution in [1.82, 2.24) is 5.32 Å². The van der Waals surface area contributed by atoms with Gasteiger partial charge in [-0.2, -0.15) is 0 Å². The zero-order valence-corrected chi connectivity index (χ0v) is 22.7. The SMILES string of the molecule is COC[C@@H](C)NC(=O)CC1(O)C2CC1CC(S(=O)(=O)c1cc(C(=O)Nc3cc(F)c(F)c(F)c3)ccc1Cl)C2. The first-order valence-corrected chi connectivity index (χ1v) is 14.2. The summed E-state index contributed by atoms with van der Waals surface area (Å²) in [5.74, 6) is -6.73. The van der Waals surface area contributed by atoms with Gasteiger partial charge in [0.2, 0.25) is 5.91 Å². The Morgan fingerprint density at radius 1 is 1.13 bits per heavy atom. The van der Waals surface area contributed by atoms with E-state index in [1.54, 1.807) is 6.92 Å². The van der Waals surface area contributed by atoms with Gasteiger partial charge >= 0.3 is 0 Å². The summed E-state index contributed by atoms with van der Waals surface area (Å²) >= 11 is 6.21. The highest BCUT2D eigenvalue weighted by atomic mass is 35.5. The zero-order valence-electron chi connectivity index (χ0n) is 21.1. The zero-order chi connectivity index (χ0) is 28.7. The number of fused-ring (bicyclic) bond motifs is 2. The Bertz CT molecular complexity index is 1370. The van der Waals surface area contributed by atoms with Gasteiger partial charge in [-0.05, 0) is 56.2 Å². The van der Waals surface area contributed by atoms with Crippen LogP contribution >= 0.6 is 11.6 Å². The van der Waals surface area contributed by atoms with Gasteiger partial charge < -0.3 is 20.5 Å². The van der Waals surface area contributed by atoms with Crippen LogP contribution in [0.1, 0.15) is 43.0 Å². The summed E-state index contributed by atoms with van der Waals surface area (Å²) in [5, 5.41) is 15.1. The third kappa shape index (κ3) is 5.79. The lowest BCUT2D eigenvalue weighted by atomic mass is 9.52. The van der Waals surface area contributed by atoms with Crippen molar-refractivity contribution >= 4 is 38.9 Å². The highest BCUT2D eigenvalue weighted by Gasteiger charge is 2.60. The largest absolute Gasteiger partial charge is 0.389 e. The number of benzene rings is 2. The van der Waals surface area contributed by atoms with Crippen LogP contribution in [0.15, 0.2) is 35.2 Å². The minimum Gasteiger partial charge on any atom is -0.389 e. The molecule has 39 heavy (non-hydrogen) atoms. The van der Waals surface area contributed by atoms with E-state index in [9.17, 15) is 36.3 Å². The number of hydrogen-bond donors (Lipinski definition) is 3. The van der Waals surface area contributed by atoms with Gasteiger partial charge in [0.05, 0.1) is 33.8 Å². The first kappa shape index (κ1) is 29.3. The Balaban J connectivity index is 1.48. The van der Waals surface area contributed by atoms with E-state index in [0.29, 0.717) is 25.2 Å². The lowest BCUT2D eigenvalue weighted by Gasteiger charge is -2.58. The number of halogens is 4. The summed E-state index contributed by atoms with van der Waals surface area (Å²) < 4.78 is 72.3. The van der Waals surface area contributed by atoms with Crippen LogP contribution < -0.4 is 10.6 Å². The van der Waals surface area contributed by atoms with Gasteiger partial charge in [-0.3, -0.25) is 9.59 Å². The number of aliphatic hydroxyl groups is 1. The molecule has 2 aromatic rings. The van der Waals surface area contributed by atoms with Gasteiger partial charge in [-0.15, -0.1) is 0 Å². The Hall–Kier alpha value is -2.67. The average Bonchev–Trinajstić information content (AvgIpc) is 2.87. The van der Waals surface area contributed by atoms with E-state index < -0.39 is 55.9 Å². The van der Waals surface area contributed by atoms with E-state index in [1.807, 2.05) is 0 Å². The van der Waals surface area contributed by atoms with Gasteiger partial charge in [0.25, 0.3) is 5.91 Å². The number of sulfone groups is 1. The first-order chi connectivity index (χ1) is 18.3. The van der Waals surface area contributed by atoms with Crippen molar-refractivity contribution in [3.63, 3.8) is 0 Å². The summed E-state index contributed by atoms with van der Waals surface area (Å²) in [4.78, 5) is 24.8. The molecule has 2 amide bonds. The van der Waals surface area contributed by atoms with Gasteiger partial charge in [0.1, 0.15) is 0 Å². The molecule has 3 atom stereocenters. The molecule has 8 nitrogen and oxygen atoms in total. The highest BCUT2D eigenvalue weighted by molar-refractivity contribution is 7.92. The van der Waals surface area contributed by atoms with E-state index in [2.05, 4.69) is 10.6 Å². The summed E-state index contributed by atoms with van der Waals surface area (Å²) in [5.41, 5.74) is -1.82. The number of carbonyl (C=O) groups excluding carboxylic acids is 2. The minimum atomic E-state index is -4.06. The number of methoxy groups -OCH3 is 1. The number of nitrogens with one attached hydrogen (secondary N) is 2. The van der Waals surface area contributed by atoms with Crippen LogP contribution in [-0.4, -0.2) is 55.9 Å². The maximum atomic E-state index is 13.6. The number of anilines is 1. The average molecular weight is 589 g/mol. The molecule has 2 aromatic carbocycles. The number of carbonyl (C=O) groups is 2. The normalized spacial score (nSPS) is 24.9. The van der Waals surface area contributed by atoms with Crippen molar-refractivity contribution in [1.29, 1.82) is 0 Å². The van der Waals surface area contributed by atoms with E-state index in [4.69, 9.17) is 16.3 Å². The Labute approximate surface area is 228 Å². The second-order valence-electron chi connectivity index (χ2n) is 10.2. The van der Waals surface area contributed by atoms with Gasteiger partial charge in [0.15, 0.2) is 27.3 Å². The molecule has 5 rings (SSSR count). The molecule has 3 aliphatic carbocycles. The number of rotatable bonds is 9. The van der Waals surface area contributed by atoms with Crippen LogP contribution in [0.5, 0.6) is 0 Å². The van der Waals surface area contributed by atoms with Crippen LogP contribution in [0.4, 0.5) is 18.9 Å². The second-order valence-corrected chi connectivity index (χ2v) is 12.8. The lowest BCUT2D eigenvalue weighted by Crippen LogP contribution is -2.63. The Kier molecular flexibility index (Phi) is 8.32. The summed E-state index contributed by atoms with van der Waals surface area (Å²) in [6.07, 6.45) is 0.656. The molecule has 3 fully saturated rings. The topological polar surface area (TPSA) is 122 Å². The Morgan fingerprint density at radius 3 is 2.33 bits per heavy atom. The van der Waals surface area contributed by atoms with Crippen molar-refractivity contribution in [3.8, 4) is 0 Å². The molecule has 13 heteroatoms. The van der Waals surface area contributed by atoms with E-state index in [-0.39, 0.29) is 52.4 Å². The minimum absolute atomic E-state index is 0.108. The summed E-state index contributed by atoms with van der Waals surface area (Å²) in [6, 6.07) is 4.48. The molecule has 2 unspecified atom stereocenters. The van der Waals surface area contributed by atoms with Crippen LogP contribution in [0.2, 0.25) is 5.02 Å². The molecule has 0 radical (unpaired) electrons. The van der Waals surface area contributed by atoms with Crippen LogP contribution in [-0.2, 0) is 19.4 Å². The molecular weight excluding hydrogens is 561 g/mol. The van der Waals surface area contributed by atoms with Gasteiger partial charge in [-0.1, -0.05) is 11.6 Å². The third-order valence-electron chi connectivity index (χ3n) is 7.53. The summed E-state index contributed by atoms with van der Waals surface area (Å²) in [6.45, 7) is 2.08. The fourth-order valence-corrected chi connectivity index (χ4v) is 7.95. The van der Waals surface area contributed by atoms with Crippen LogP contribution in [0.25, 0.3) is 0 Å². The van der Waals surface area contributed by atoms with Crippen LogP contribution in [0.3, 0.4) is 0 Å². The predicted octanol–water partition coefficient (Wildman–Crippen LogP) is 3.85. The van der Waals surface area contributed by atoms with Crippen molar-refractivity contribution in [2.75, 3.05) is 19.0 Å². The quantitative estimate of drug-likeness (QED) is 0.383. The standard InChI is InChI=1S/C26H28ClF3N2O6S/c1-13(12-38-2)31-23(33)11-26(35)15-6-16(26)8-18(7-15)39(36,37)22-5-14(3-4-19(22)27)25(34)32-17-9-20(28)24(30)21(29)10-17/h3-5,9-10,13,15-16,18,35H,6-8,11-12H2,1-2H3,(H,31,33)(H,32,34)/t13-,15?,16?,18?,26?/m1/s1. The Morgan fingerprint density at radius 2 is 1.74 bits per heavy atom. The van der Waals surface area contributed by atoms with Crippen molar-refractivity contribution in [3.05, 3.63) is 58.4 Å². The van der Waals surface area contributed by atoms with Crippen molar-refractivity contribution < 1.29 is 41.0 Å². The van der Waals surface area contributed by atoms with Gasteiger partial charge in [0, 0.05) is 36.5 Å². The van der Waals surface area contributed by atoms with E-state index >= 15 is 0 Å². The van der Waals surface area contributed by atoms with Crippen molar-refractivity contribution in [2.45, 2.75) is 54.4 Å². The van der Waals surface area contributed by atoms with Gasteiger partial charge in [-0.25, -0.2) is 21.6 Å². The fraction of sp³-hybridized carbons (Fsp3) is 0.462. The molecule has 0 heterocycles. The maximum Gasteiger partial charge on any atom is 0.255 e. The summed E-state index contributed by atoms with van der Waals surface area (Å²) in [7, 11) is -2.55. The molecule has 3 aliphatic rings. The number of ether oxygens (including phenoxy) is 1. The molecule has 0 aromatic heterocycles.